The van der Waals surface area contributed by atoms with E-state index in [1.165, 1.54) is 0 Å². The monoisotopic (exact) mass is 282 g/mol. The van der Waals surface area contributed by atoms with Gasteiger partial charge in [-0.3, -0.25) is 0 Å². The molecule has 1 aromatic rings. The van der Waals surface area contributed by atoms with Gasteiger partial charge in [-0.15, -0.1) is 0 Å². The van der Waals surface area contributed by atoms with Crippen LogP contribution in [-0.2, 0) is 5.41 Å². The third-order valence-electron chi connectivity index (χ3n) is 3.71. The highest BCUT2D eigenvalue weighted by Crippen LogP contribution is 2.31. The van der Waals surface area contributed by atoms with Gasteiger partial charge in [0, 0.05) is 12.2 Å². The molecule has 19 heavy (non-hydrogen) atoms. The van der Waals surface area contributed by atoms with Gasteiger partial charge in [0.25, 0.3) is 0 Å². The van der Waals surface area contributed by atoms with E-state index in [0.717, 1.165) is 42.1 Å². The van der Waals surface area contributed by atoms with Gasteiger partial charge >= 0.3 is 0 Å². The van der Waals surface area contributed by atoms with E-state index in [9.17, 15) is 5.11 Å². The molecule has 1 heterocycles. The van der Waals surface area contributed by atoms with E-state index in [1.54, 1.807) is 6.20 Å². The fourth-order valence-electron chi connectivity index (χ4n) is 2.52. The van der Waals surface area contributed by atoms with Crippen LogP contribution in [0.2, 0.25) is 5.02 Å². The Morgan fingerprint density at radius 3 is 2.47 bits per heavy atom. The molecule has 1 aromatic heterocycles. The fraction of sp³-hybridized carbons (Fsp3) is 0.667. The van der Waals surface area contributed by atoms with Crippen molar-refractivity contribution >= 4 is 17.4 Å². The molecule has 4 heteroatoms. The molecule has 0 saturated heterocycles. The van der Waals surface area contributed by atoms with Gasteiger partial charge in [0.15, 0.2) is 0 Å². The van der Waals surface area contributed by atoms with Crippen LogP contribution in [0.4, 0.5) is 5.82 Å². The van der Waals surface area contributed by atoms with Gasteiger partial charge in [0.2, 0.25) is 0 Å². The second kappa shape index (κ2) is 5.68. The third kappa shape index (κ3) is 3.83. The van der Waals surface area contributed by atoms with E-state index in [0.29, 0.717) is 6.04 Å². The van der Waals surface area contributed by atoms with E-state index < -0.39 is 0 Å². The first-order valence-electron chi connectivity index (χ1n) is 6.97. The van der Waals surface area contributed by atoms with Crippen molar-refractivity contribution in [3.63, 3.8) is 0 Å². The highest BCUT2D eigenvalue weighted by atomic mass is 35.5. The Balaban J connectivity index is 2.09. The number of anilines is 1. The number of rotatable bonds is 2. The number of aromatic nitrogens is 1. The van der Waals surface area contributed by atoms with Crippen molar-refractivity contribution in [3.8, 4) is 0 Å². The summed E-state index contributed by atoms with van der Waals surface area (Å²) in [6, 6.07) is 2.46. The minimum Gasteiger partial charge on any atom is -0.393 e. The molecule has 1 aliphatic rings. The zero-order chi connectivity index (χ0) is 14.0. The lowest BCUT2D eigenvalue weighted by atomic mass is 9.87. The van der Waals surface area contributed by atoms with Crippen LogP contribution in [0.15, 0.2) is 12.3 Å². The number of hydrogen-bond donors (Lipinski definition) is 2. The Hall–Kier alpha value is -0.800. The molecule has 0 aromatic carbocycles. The molecule has 0 bridgehead atoms. The smallest absolute Gasteiger partial charge is 0.126 e. The molecule has 2 N–H and O–H groups in total. The van der Waals surface area contributed by atoms with Crippen LogP contribution in [-0.4, -0.2) is 22.2 Å². The molecular formula is C15H23ClN2O. The van der Waals surface area contributed by atoms with E-state index in [1.807, 2.05) is 6.07 Å². The predicted octanol–water partition coefficient (Wildman–Crippen LogP) is 3.75. The highest BCUT2D eigenvalue weighted by Gasteiger charge is 2.21. The Bertz CT molecular complexity index is 434. The van der Waals surface area contributed by atoms with Gasteiger partial charge in [0.1, 0.15) is 5.82 Å². The average Bonchev–Trinajstić information content (AvgIpc) is 2.33. The Morgan fingerprint density at radius 1 is 1.26 bits per heavy atom. The Labute approximate surface area is 120 Å². The van der Waals surface area contributed by atoms with Crippen LogP contribution in [0.3, 0.4) is 0 Å². The zero-order valence-electron chi connectivity index (χ0n) is 11.9. The van der Waals surface area contributed by atoms with Crippen LogP contribution >= 0.6 is 11.6 Å². The number of nitrogens with zero attached hydrogens (tertiary/aromatic N) is 1. The molecule has 0 atom stereocenters. The van der Waals surface area contributed by atoms with Crippen molar-refractivity contribution < 1.29 is 5.11 Å². The number of aliphatic hydroxyl groups excluding tert-OH is 1. The summed E-state index contributed by atoms with van der Waals surface area (Å²) in [6.45, 7) is 6.44. The van der Waals surface area contributed by atoms with E-state index in [2.05, 4.69) is 31.1 Å². The van der Waals surface area contributed by atoms with Crippen molar-refractivity contribution in [2.75, 3.05) is 5.32 Å². The molecule has 3 nitrogen and oxygen atoms in total. The second-order valence-corrected chi connectivity index (χ2v) is 6.86. The molecule has 0 amide bonds. The predicted molar refractivity (Wildman–Crippen MR) is 79.8 cm³/mol. The molecule has 0 unspecified atom stereocenters. The minimum absolute atomic E-state index is 0.0131. The van der Waals surface area contributed by atoms with E-state index in [4.69, 9.17) is 11.6 Å². The molecule has 106 valence electrons. The molecule has 1 saturated carbocycles. The summed E-state index contributed by atoms with van der Waals surface area (Å²) < 4.78 is 0. The van der Waals surface area contributed by atoms with E-state index >= 15 is 0 Å². The SMILES string of the molecule is CC(C)(C)c1cc(NC2CCC(O)CC2)ncc1Cl. The minimum atomic E-state index is -0.124. The zero-order valence-corrected chi connectivity index (χ0v) is 12.7. The van der Waals surface area contributed by atoms with Crippen LogP contribution in [0, 0.1) is 0 Å². The largest absolute Gasteiger partial charge is 0.393 e. The quantitative estimate of drug-likeness (QED) is 0.868. The Kier molecular flexibility index (Phi) is 4.36. The third-order valence-corrected chi connectivity index (χ3v) is 4.01. The first-order valence-corrected chi connectivity index (χ1v) is 7.34. The van der Waals surface area contributed by atoms with Gasteiger partial charge in [-0.25, -0.2) is 4.98 Å². The van der Waals surface area contributed by atoms with Gasteiger partial charge in [0.05, 0.1) is 11.1 Å². The summed E-state index contributed by atoms with van der Waals surface area (Å²) in [5, 5.41) is 13.7. The van der Waals surface area contributed by atoms with Gasteiger partial charge < -0.3 is 10.4 Å². The first-order chi connectivity index (χ1) is 8.86. The summed E-state index contributed by atoms with van der Waals surface area (Å²) in [5.41, 5.74) is 1.13. The number of pyridine rings is 1. The van der Waals surface area contributed by atoms with Crippen molar-refractivity contribution in [1.29, 1.82) is 0 Å². The highest BCUT2D eigenvalue weighted by molar-refractivity contribution is 6.31. The lowest BCUT2D eigenvalue weighted by molar-refractivity contribution is 0.126. The molecule has 0 radical (unpaired) electrons. The van der Waals surface area contributed by atoms with Gasteiger partial charge in [-0.1, -0.05) is 32.4 Å². The normalized spacial score (nSPS) is 24.3. The van der Waals surface area contributed by atoms with E-state index in [-0.39, 0.29) is 11.5 Å². The number of nitrogens with one attached hydrogen (secondary N) is 1. The molecule has 0 aliphatic heterocycles. The van der Waals surface area contributed by atoms with Crippen molar-refractivity contribution in [1.82, 2.24) is 4.98 Å². The maximum atomic E-state index is 9.52. The lowest BCUT2D eigenvalue weighted by Gasteiger charge is -2.27. The van der Waals surface area contributed by atoms with Gasteiger partial charge in [-0.05, 0) is 42.7 Å². The van der Waals surface area contributed by atoms with Crippen LogP contribution in [0.5, 0.6) is 0 Å². The summed E-state index contributed by atoms with van der Waals surface area (Å²) in [7, 11) is 0. The first kappa shape index (κ1) is 14.6. The van der Waals surface area contributed by atoms with Crippen LogP contribution < -0.4 is 5.32 Å². The summed E-state index contributed by atoms with van der Waals surface area (Å²) in [4.78, 5) is 4.36. The number of aliphatic hydroxyl groups is 1. The molecular weight excluding hydrogens is 260 g/mol. The van der Waals surface area contributed by atoms with Crippen molar-refractivity contribution in [2.45, 2.75) is 64.0 Å². The fourth-order valence-corrected chi connectivity index (χ4v) is 2.91. The molecule has 0 spiro atoms. The summed E-state index contributed by atoms with van der Waals surface area (Å²) in [6.07, 6.45) is 5.34. The standard InChI is InChI=1S/C15H23ClN2O/c1-15(2,3)12-8-14(17-9-13(12)16)18-10-4-6-11(19)7-5-10/h8-11,19H,4-7H2,1-3H3,(H,17,18). The van der Waals surface area contributed by atoms with Crippen molar-refractivity contribution in [3.05, 3.63) is 22.8 Å². The van der Waals surface area contributed by atoms with Gasteiger partial charge in [-0.2, -0.15) is 0 Å². The maximum absolute atomic E-state index is 9.52. The molecule has 1 fully saturated rings. The Morgan fingerprint density at radius 2 is 1.89 bits per heavy atom. The summed E-state index contributed by atoms with van der Waals surface area (Å²) >= 11 is 6.22. The second-order valence-electron chi connectivity index (χ2n) is 6.45. The summed E-state index contributed by atoms with van der Waals surface area (Å²) in [5.74, 6) is 0.885. The van der Waals surface area contributed by atoms with Crippen LogP contribution in [0.25, 0.3) is 0 Å². The maximum Gasteiger partial charge on any atom is 0.126 e. The van der Waals surface area contributed by atoms with Crippen LogP contribution in [0.1, 0.15) is 52.0 Å². The molecule has 2 rings (SSSR count). The number of halogens is 1. The van der Waals surface area contributed by atoms with Crippen molar-refractivity contribution in [2.24, 2.45) is 0 Å². The lowest BCUT2D eigenvalue weighted by Crippen LogP contribution is -2.28. The average molecular weight is 283 g/mol. The molecule has 1 aliphatic carbocycles. The number of hydrogen-bond acceptors (Lipinski definition) is 3. The topological polar surface area (TPSA) is 45.1 Å².